The summed E-state index contributed by atoms with van der Waals surface area (Å²) in [6.45, 7) is 4.54. The third kappa shape index (κ3) is 8.03. The summed E-state index contributed by atoms with van der Waals surface area (Å²) in [5.74, 6) is -2.74. The number of H-pyrrole nitrogens is 1. The summed E-state index contributed by atoms with van der Waals surface area (Å²) >= 11 is 0. The molecule has 1 saturated heterocycles. The van der Waals surface area contributed by atoms with E-state index in [1.807, 2.05) is 13.8 Å². The molecule has 12 nitrogen and oxygen atoms in total. The number of amides is 3. The minimum atomic E-state index is -1.07. The van der Waals surface area contributed by atoms with Crippen molar-refractivity contribution in [2.24, 2.45) is 17.4 Å². The largest absolute Gasteiger partial charge is 0.480 e. The Morgan fingerprint density at radius 2 is 2.00 bits per heavy atom. The lowest BCUT2D eigenvalue weighted by atomic mass is 9.96. The number of aromatic nitrogens is 2. The molecule has 5 atom stereocenters. The summed E-state index contributed by atoms with van der Waals surface area (Å²) < 4.78 is 0. The van der Waals surface area contributed by atoms with Crippen LogP contribution in [0.4, 0.5) is 0 Å². The van der Waals surface area contributed by atoms with Crippen LogP contribution in [0.1, 0.15) is 58.1 Å². The predicted molar refractivity (Wildman–Crippen MR) is 129 cm³/mol. The van der Waals surface area contributed by atoms with Gasteiger partial charge in [0.1, 0.15) is 18.1 Å². The van der Waals surface area contributed by atoms with E-state index in [-0.39, 0.29) is 12.3 Å². The Bertz CT molecular complexity index is 847. The van der Waals surface area contributed by atoms with Gasteiger partial charge in [0.15, 0.2) is 0 Å². The van der Waals surface area contributed by atoms with Crippen molar-refractivity contribution in [3.8, 4) is 0 Å². The van der Waals surface area contributed by atoms with Gasteiger partial charge in [0.05, 0.1) is 12.4 Å². The van der Waals surface area contributed by atoms with Gasteiger partial charge in [-0.05, 0) is 38.1 Å². The lowest BCUT2D eigenvalue weighted by Crippen LogP contribution is -2.59. The molecule has 0 aliphatic carbocycles. The highest BCUT2D eigenvalue weighted by Gasteiger charge is 2.39. The van der Waals surface area contributed by atoms with Gasteiger partial charge in [-0.25, -0.2) is 9.78 Å². The molecule has 0 saturated carbocycles. The van der Waals surface area contributed by atoms with Crippen molar-refractivity contribution < 1.29 is 24.3 Å². The van der Waals surface area contributed by atoms with Gasteiger partial charge in [0.2, 0.25) is 17.7 Å². The van der Waals surface area contributed by atoms with Gasteiger partial charge < -0.3 is 37.1 Å². The number of aliphatic carboxylic acids is 1. The Morgan fingerprint density at radius 3 is 2.60 bits per heavy atom. The first-order chi connectivity index (χ1) is 16.7. The molecule has 3 amide bonds. The van der Waals surface area contributed by atoms with E-state index < -0.39 is 47.9 Å². The fraction of sp³-hybridized carbons (Fsp3) is 0.696. The molecule has 1 aromatic rings. The first kappa shape index (κ1) is 28.2. The van der Waals surface area contributed by atoms with Crippen molar-refractivity contribution >= 4 is 23.7 Å². The van der Waals surface area contributed by atoms with Crippen molar-refractivity contribution in [3.05, 3.63) is 18.2 Å². The molecule has 1 aliphatic rings. The number of likely N-dealkylation sites (tertiary alicyclic amines) is 1. The molecule has 196 valence electrons. The van der Waals surface area contributed by atoms with E-state index in [2.05, 4.69) is 20.6 Å². The van der Waals surface area contributed by atoms with E-state index in [9.17, 15) is 24.3 Å². The average molecular weight is 494 g/mol. The van der Waals surface area contributed by atoms with Crippen molar-refractivity contribution in [3.63, 3.8) is 0 Å². The van der Waals surface area contributed by atoms with Crippen LogP contribution in [0.25, 0.3) is 0 Å². The number of hydrogen-bond donors (Lipinski definition) is 6. The van der Waals surface area contributed by atoms with Crippen LogP contribution in [0.2, 0.25) is 0 Å². The zero-order valence-corrected chi connectivity index (χ0v) is 20.5. The highest BCUT2D eigenvalue weighted by atomic mass is 16.4. The molecular weight excluding hydrogens is 454 g/mol. The maximum atomic E-state index is 13.4. The van der Waals surface area contributed by atoms with Crippen LogP contribution in [0.15, 0.2) is 12.5 Å². The van der Waals surface area contributed by atoms with Crippen LogP contribution in [-0.4, -0.2) is 80.9 Å². The molecule has 0 aromatic carbocycles. The molecule has 12 heteroatoms. The van der Waals surface area contributed by atoms with Gasteiger partial charge in [0, 0.05) is 24.9 Å². The molecule has 1 fully saturated rings. The summed E-state index contributed by atoms with van der Waals surface area (Å²) in [5.41, 5.74) is 12.1. The standard InChI is InChI=1S/C23H39N7O5/c1-3-14(2)19(29-20(31)16(25)7-4-5-9-24)21(32)28-17(11-15-12-26-13-27-15)22(33)30-10-6-8-18(30)23(34)35/h12-14,16-19H,3-11,24-25H2,1-2H3,(H,26,27)(H,28,32)(H,29,31)(H,34,35)/t14-,16-,17-,18-,19-/m0/s1. The SMILES string of the molecule is CC[C@H](C)[C@H](NC(=O)[C@@H](N)CCCCN)C(=O)N[C@@H](Cc1cnc[nH]1)C(=O)N1CCC[C@H]1C(=O)O. The van der Waals surface area contributed by atoms with Crippen molar-refractivity contribution in [2.75, 3.05) is 13.1 Å². The van der Waals surface area contributed by atoms with E-state index in [0.29, 0.717) is 50.9 Å². The van der Waals surface area contributed by atoms with Gasteiger partial charge in [0.25, 0.3) is 0 Å². The molecule has 1 aromatic heterocycles. The maximum absolute atomic E-state index is 13.4. The maximum Gasteiger partial charge on any atom is 0.326 e. The fourth-order valence-electron chi connectivity index (χ4n) is 4.17. The molecule has 8 N–H and O–H groups in total. The number of carbonyl (C=O) groups excluding carboxylic acids is 3. The Balaban J connectivity index is 2.18. The number of carboxylic acids is 1. The molecule has 0 spiro atoms. The van der Waals surface area contributed by atoms with Crippen molar-refractivity contribution in [1.82, 2.24) is 25.5 Å². The predicted octanol–water partition coefficient (Wildman–Crippen LogP) is -0.500. The Morgan fingerprint density at radius 1 is 1.26 bits per heavy atom. The first-order valence-corrected chi connectivity index (χ1v) is 12.3. The lowest BCUT2D eigenvalue weighted by molar-refractivity contribution is -0.149. The van der Waals surface area contributed by atoms with Crippen molar-refractivity contribution in [1.29, 1.82) is 0 Å². The zero-order chi connectivity index (χ0) is 26.0. The number of hydrogen-bond acceptors (Lipinski definition) is 7. The van der Waals surface area contributed by atoms with Crippen LogP contribution in [0, 0.1) is 5.92 Å². The van der Waals surface area contributed by atoms with E-state index in [1.54, 1.807) is 6.20 Å². The second-order valence-electron chi connectivity index (χ2n) is 9.13. The number of carbonyl (C=O) groups is 4. The van der Waals surface area contributed by atoms with Crippen molar-refractivity contribution in [2.45, 2.75) is 83.0 Å². The second-order valence-corrected chi connectivity index (χ2v) is 9.13. The summed E-state index contributed by atoms with van der Waals surface area (Å²) in [4.78, 5) is 59.2. The average Bonchev–Trinajstić information content (AvgIpc) is 3.53. The monoisotopic (exact) mass is 493 g/mol. The number of imidazole rings is 1. The quantitative estimate of drug-likeness (QED) is 0.186. The van der Waals surface area contributed by atoms with Crippen LogP contribution in [0.3, 0.4) is 0 Å². The molecule has 2 rings (SSSR count). The minimum Gasteiger partial charge on any atom is -0.480 e. The second kappa shape index (κ2) is 13.8. The molecule has 0 bridgehead atoms. The number of nitrogens with zero attached hydrogens (tertiary/aromatic N) is 2. The fourth-order valence-corrected chi connectivity index (χ4v) is 4.17. The molecule has 2 heterocycles. The van der Waals surface area contributed by atoms with Gasteiger partial charge in [-0.1, -0.05) is 26.7 Å². The van der Waals surface area contributed by atoms with E-state index >= 15 is 0 Å². The number of rotatable bonds is 14. The molecule has 0 radical (unpaired) electrons. The molecule has 35 heavy (non-hydrogen) atoms. The summed E-state index contributed by atoms with van der Waals surface area (Å²) in [7, 11) is 0. The van der Waals surface area contributed by atoms with Crippen LogP contribution in [0.5, 0.6) is 0 Å². The Kier molecular flexibility index (Phi) is 11.1. The summed E-state index contributed by atoms with van der Waals surface area (Å²) in [6.07, 6.45) is 6.54. The van der Waals surface area contributed by atoms with E-state index in [0.717, 1.165) is 6.42 Å². The van der Waals surface area contributed by atoms with Gasteiger partial charge in [-0.15, -0.1) is 0 Å². The van der Waals surface area contributed by atoms with Gasteiger partial charge in [-0.2, -0.15) is 0 Å². The Labute approximate surface area is 205 Å². The van der Waals surface area contributed by atoms with Crippen LogP contribution < -0.4 is 22.1 Å². The van der Waals surface area contributed by atoms with Gasteiger partial charge in [-0.3, -0.25) is 14.4 Å². The minimum absolute atomic E-state index is 0.104. The van der Waals surface area contributed by atoms with E-state index in [1.165, 1.54) is 11.2 Å². The highest BCUT2D eigenvalue weighted by molar-refractivity contribution is 5.94. The lowest BCUT2D eigenvalue weighted by Gasteiger charge is -2.30. The number of carboxylic acid groups (broad SMARTS) is 1. The molecule has 0 unspecified atom stereocenters. The number of nitrogens with two attached hydrogens (primary N) is 2. The smallest absolute Gasteiger partial charge is 0.326 e. The molecule has 1 aliphatic heterocycles. The first-order valence-electron chi connectivity index (χ1n) is 12.3. The Hall–Kier alpha value is -2.99. The van der Waals surface area contributed by atoms with Gasteiger partial charge >= 0.3 is 5.97 Å². The van der Waals surface area contributed by atoms with E-state index in [4.69, 9.17) is 11.5 Å². The third-order valence-corrected chi connectivity index (χ3v) is 6.51. The van der Waals surface area contributed by atoms with Crippen LogP contribution >= 0.6 is 0 Å². The molecular formula is C23H39N7O5. The number of unbranched alkanes of at least 4 members (excludes halogenated alkanes) is 1. The van der Waals surface area contributed by atoms with Crippen LogP contribution in [-0.2, 0) is 25.6 Å². The summed E-state index contributed by atoms with van der Waals surface area (Å²) in [5, 5.41) is 15.0. The number of nitrogens with one attached hydrogen (secondary N) is 3. The highest BCUT2D eigenvalue weighted by Crippen LogP contribution is 2.20. The zero-order valence-electron chi connectivity index (χ0n) is 20.5. The normalized spacial score (nSPS) is 19.0. The third-order valence-electron chi connectivity index (χ3n) is 6.51. The topological polar surface area (TPSA) is 197 Å². The summed E-state index contributed by atoms with van der Waals surface area (Å²) in [6, 6.07) is -3.63. The number of aromatic amines is 1.